The second-order valence-corrected chi connectivity index (χ2v) is 5.85. The van der Waals surface area contributed by atoms with Crippen LogP contribution in [0.1, 0.15) is 27.3 Å². The number of aryl methyl sites for hydroxylation is 2. The molecule has 0 atom stereocenters. The first-order chi connectivity index (χ1) is 12.3. The molecule has 0 aliphatic rings. The molecule has 0 spiro atoms. The van der Waals surface area contributed by atoms with Crippen molar-refractivity contribution in [2.75, 3.05) is 0 Å². The van der Waals surface area contributed by atoms with E-state index in [4.69, 9.17) is 0 Å². The van der Waals surface area contributed by atoms with Crippen LogP contribution in [-0.2, 0) is 6.54 Å². The summed E-state index contributed by atoms with van der Waals surface area (Å²) in [6.45, 7) is 3.68. The number of aromatic nitrogens is 2. The molecule has 0 unspecified atom stereocenters. The predicted molar refractivity (Wildman–Crippen MR) is 94.9 cm³/mol. The maximum Gasteiger partial charge on any atom is 0.270 e. The number of amides is 1. The zero-order valence-electron chi connectivity index (χ0n) is 14.2. The first kappa shape index (κ1) is 17.3. The van der Waals surface area contributed by atoms with Gasteiger partial charge in [-0.2, -0.15) is 0 Å². The number of hydrogen-bond acceptors (Lipinski definition) is 6. The van der Waals surface area contributed by atoms with Crippen molar-refractivity contribution in [3.8, 4) is 5.75 Å². The number of benzene rings is 2. The van der Waals surface area contributed by atoms with Crippen LogP contribution in [0.25, 0.3) is 11.0 Å². The number of nitro benzene ring substituents is 1. The Morgan fingerprint density at radius 3 is 2.50 bits per heavy atom. The van der Waals surface area contributed by atoms with E-state index in [2.05, 4.69) is 15.3 Å². The fraction of sp³-hybridized carbons (Fsp3) is 0.167. The number of carbonyl (C=O) groups is 1. The molecule has 0 bridgehead atoms. The number of aromatic hydroxyl groups is 1. The Balaban J connectivity index is 1.80. The van der Waals surface area contributed by atoms with Crippen LogP contribution >= 0.6 is 0 Å². The number of phenols is 1. The Labute approximate surface area is 148 Å². The molecule has 0 saturated heterocycles. The molecule has 2 aromatic carbocycles. The first-order valence-corrected chi connectivity index (χ1v) is 7.84. The lowest BCUT2D eigenvalue weighted by atomic mass is 10.1. The van der Waals surface area contributed by atoms with Crippen molar-refractivity contribution < 1.29 is 14.8 Å². The Hall–Kier alpha value is -3.55. The number of nitrogens with one attached hydrogen (secondary N) is 1. The van der Waals surface area contributed by atoms with E-state index >= 15 is 0 Å². The third kappa shape index (κ3) is 3.44. The summed E-state index contributed by atoms with van der Waals surface area (Å²) in [6, 6.07) is 8.65. The lowest BCUT2D eigenvalue weighted by Gasteiger charge is -2.08. The van der Waals surface area contributed by atoms with Crippen molar-refractivity contribution in [2.45, 2.75) is 20.4 Å². The number of fused-ring (bicyclic) bond motifs is 1. The summed E-state index contributed by atoms with van der Waals surface area (Å²) >= 11 is 0. The molecule has 3 rings (SSSR count). The molecular formula is C18H16N4O4. The lowest BCUT2D eigenvalue weighted by molar-refractivity contribution is -0.384. The molecule has 0 aliphatic carbocycles. The molecule has 0 fully saturated rings. The van der Waals surface area contributed by atoms with Gasteiger partial charge in [0.2, 0.25) is 0 Å². The molecule has 2 N–H and O–H groups in total. The SMILES string of the molecule is Cc1nc2ccc(C(=O)NCc3cc([N+](=O)[O-])ccc3O)cc2nc1C. The minimum Gasteiger partial charge on any atom is -0.508 e. The highest BCUT2D eigenvalue weighted by atomic mass is 16.6. The van der Waals surface area contributed by atoms with Crippen LogP contribution in [0.15, 0.2) is 36.4 Å². The minimum atomic E-state index is -0.558. The van der Waals surface area contributed by atoms with E-state index in [0.717, 1.165) is 11.4 Å². The van der Waals surface area contributed by atoms with Crippen LogP contribution in [0.4, 0.5) is 5.69 Å². The molecule has 8 nitrogen and oxygen atoms in total. The Morgan fingerprint density at radius 2 is 1.81 bits per heavy atom. The third-order valence-corrected chi connectivity index (χ3v) is 4.05. The fourth-order valence-corrected chi connectivity index (χ4v) is 2.48. The normalized spacial score (nSPS) is 10.7. The van der Waals surface area contributed by atoms with E-state index in [-0.39, 0.29) is 29.5 Å². The average molecular weight is 352 g/mol. The van der Waals surface area contributed by atoms with Gasteiger partial charge in [-0.3, -0.25) is 14.9 Å². The first-order valence-electron chi connectivity index (χ1n) is 7.84. The minimum absolute atomic E-state index is 0.0387. The standard InChI is InChI=1S/C18H16N4O4/c1-10-11(2)21-16-8-12(3-5-15(16)20-10)18(24)19-9-13-7-14(22(25)26)4-6-17(13)23/h3-8,23H,9H2,1-2H3,(H,19,24). The van der Waals surface area contributed by atoms with Gasteiger partial charge in [-0.1, -0.05) is 0 Å². The average Bonchev–Trinajstić information content (AvgIpc) is 2.61. The van der Waals surface area contributed by atoms with Gasteiger partial charge >= 0.3 is 0 Å². The molecular weight excluding hydrogens is 336 g/mol. The Morgan fingerprint density at radius 1 is 1.12 bits per heavy atom. The summed E-state index contributed by atoms with van der Waals surface area (Å²) in [4.78, 5) is 31.5. The molecule has 26 heavy (non-hydrogen) atoms. The van der Waals surface area contributed by atoms with Gasteiger partial charge in [0.1, 0.15) is 5.75 Å². The zero-order chi connectivity index (χ0) is 18.8. The largest absolute Gasteiger partial charge is 0.508 e. The van der Waals surface area contributed by atoms with E-state index in [9.17, 15) is 20.0 Å². The van der Waals surface area contributed by atoms with Crippen LogP contribution in [0, 0.1) is 24.0 Å². The van der Waals surface area contributed by atoms with Gasteiger partial charge < -0.3 is 10.4 Å². The smallest absolute Gasteiger partial charge is 0.270 e. The molecule has 132 valence electrons. The summed E-state index contributed by atoms with van der Waals surface area (Å²) in [6.07, 6.45) is 0. The highest BCUT2D eigenvalue weighted by Crippen LogP contribution is 2.23. The van der Waals surface area contributed by atoms with E-state index in [1.165, 1.54) is 18.2 Å². The number of non-ortho nitro benzene ring substituents is 1. The van der Waals surface area contributed by atoms with Crippen molar-refractivity contribution in [2.24, 2.45) is 0 Å². The predicted octanol–water partition coefficient (Wildman–Crippen LogP) is 2.79. The summed E-state index contributed by atoms with van der Waals surface area (Å²) in [5.41, 5.74) is 3.42. The van der Waals surface area contributed by atoms with Gasteiger partial charge in [0.25, 0.3) is 11.6 Å². The molecule has 1 heterocycles. The van der Waals surface area contributed by atoms with Gasteiger partial charge in [-0.05, 0) is 38.1 Å². The van der Waals surface area contributed by atoms with Gasteiger partial charge in [0.05, 0.1) is 27.3 Å². The number of rotatable bonds is 4. The number of carbonyl (C=O) groups excluding carboxylic acids is 1. The second kappa shape index (κ2) is 6.75. The monoisotopic (exact) mass is 352 g/mol. The summed E-state index contributed by atoms with van der Waals surface area (Å²) < 4.78 is 0. The Kier molecular flexibility index (Phi) is 4.49. The molecule has 3 aromatic rings. The maximum atomic E-state index is 12.4. The summed E-state index contributed by atoms with van der Waals surface area (Å²) in [5.74, 6) is -0.496. The van der Waals surface area contributed by atoms with Crippen molar-refractivity contribution in [1.29, 1.82) is 0 Å². The molecule has 1 amide bonds. The van der Waals surface area contributed by atoms with Crippen molar-refractivity contribution >= 4 is 22.6 Å². The van der Waals surface area contributed by atoms with Crippen molar-refractivity contribution in [3.63, 3.8) is 0 Å². The van der Waals surface area contributed by atoms with Gasteiger partial charge in [0.15, 0.2) is 0 Å². The van der Waals surface area contributed by atoms with Crippen LogP contribution < -0.4 is 5.32 Å². The number of hydrogen-bond donors (Lipinski definition) is 2. The zero-order valence-corrected chi connectivity index (χ0v) is 14.2. The van der Waals surface area contributed by atoms with Crippen LogP contribution in [0.5, 0.6) is 5.75 Å². The van der Waals surface area contributed by atoms with E-state index in [1.807, 2.05) is 13.8 Å². The Bertz CT molecular complexity index is 1030. The highest BCUT2D eigenvalue weighted by molar-refractivity contribution is 5.97. The van der Waals surface area contributed by atoms with Crippen molar-refractivity contribution in [3.05, 3.63) is 69.0 Å². The van der Waals surface area contributed by atoms with Gasteiger partial charge in [-0.15, -0.1) is 0 Å². The molecule has 0 saturated carbocycles. The quantitative estimate of drug-likeness (QED) is 0.550. The highest BCUT2D eigenvalue weighted by Gasteiger charge is 2.13. The second-order valence-electron chi connectivity index (χ2n) is 5.85. The van der Waals surface area contributed by atoms with Gasteiger partial charge in [0, 0.05) is 29.8 Å². The summed E-state index contributed by atoms with van der Waals surface area (Å²) in [5, 5.41) is 23.3. The molecule has 8 heteroatoms. The number of nitrogens with zero attached hydrogens (tertiary/aromatic N) is 3. The fourth-order valence-electron chi connectivity index (χ4n) is 2.48. The van der Waals surface area contributed by atoms with Gasteiger partial charge in [-0.25, -0.2) is 9.97 Å². The number of nitro groups is 1. The van der Waals surface area contributed by atoms with E-state index < -0.39 is 4.92 Å². The van der Waals surface area contributed by atoms with Crippen LogP contribution in [0.3, 0.4) is 0 Å². The molecule has 0 radical (unpaired) electrons. The maximum absolute atomic E-state index is 12.4. The van der Waals surface area contributed by atoms with Crippen LogP contribution in [0.2, 0.25) is 0 Å². The van der Waals surface area contributed by atoms with E-state index in [0.29, 0.717) is 16.6 Å². The number of phenolic OH excluding ortho intramolecular Hbond substituents is 1. The summed E-state index contributed by atoms with van der Waals surface area (Å²) in [7, 11) is 0. The third-order valence-electron chi connectivity index (χ3n) is 4.05. The molecule has 1 aromatic heterocycles. The van der Waals surface area contributed by atoms with Crippen molar-refractivity contribution in [1.82, 2.24) is 15.3 Å². The lowest BCUT2D eigenvalue weighted by Crippen LogP contribution is -2.22. The topological polar surface area (TPSA) is 118 Å². The van der Waals surface area contributed by atoms with E-state index in [1.54, 1.807) is 18.2 Å². The molecule has 0 aliphatic heterocycles. The van der Waals surface area contributed by atoms with Crippen LogP contribution in [-0.4, -0.2) is 25.9 Å².